The molecule has 4 amide bonds. The number of aryl methyl sites for hydroxylation is 1. The molecule has 2 aliphatic heterocycles. The van der Waals surface area contributed by atoms with Crippen LogP contribution >= 0.6 is 11.6 Å². The van der Waals surface area contributed by atoms with E-state index >= 15 is 0 Å². The summed E-state index contributed by atoms with van der Waals surface area (Å²) in [6, 6.07) is -0.466. The first-order valence-corrected chi connectivity index (χ1v) is 7.81. The van der Waals surface area contributed by atoms with Crippen LogP contribution in [-0.4, -0.2) is 51.2 Å². The molecule has 1 spiro atoms. The van der Waals surface area contributed by atoms with Gasteiger partial charge in [0, 0.05) is 13.1 Å². The highest BCUT2D eigenvalue weighted by atomic mass is 35.5. The molecule has 0 atom stereocenters. The van der Waals surface area contributed by atoms with Crippen molar-refractivity contribution in [3.05, 3.63) is 16.4 Å². The molecule has 2 saturated heterocycles. The van der Waals surface area contributed by atoms with Crippen molar-refractivity contribution in [2.75, 3.05) is 13.1 Å². The van der Waals surface area contributed by atoms with Gasteiger partial charge in [0.1, 0.15) is 12.1 Å². The molecule has 3 rings (SSSR count). The van der Waals surface area contributed by atoms with Crippen molar-refractivity contribution in [1.82, 2.24) is 25.3 Å². The number of nitrogens with one attached hydrogen (secondary N) is 2. The third-order valence-electron chi connectivity index (χ3n) is 4.56. The number of aromatic nitrogens is 2. The molecule has 0 saturated carbocycles. The number of halogens is 1. The summed E-state index contributed by atoms with van der Waals surface area (Å²) in [5, 5.41) is 9.76. The van der Waals surface area contributed by atoms with Gasteiger partial charge in [-0.1, -0.05) is 11.6 Å². The van der Waals surface area contributed by atoms with E-state index in [9.17, 15) is 14.4 Å². The predicted molar refractivity (Wildman–Crippen MR) is 81.9 cm³/mol. The topological polar surface area (TPSA) is 96.3 Å². The van der Waals surface area contributed by atoms with Gasteiger partial charge in [0.05, 0.1) is 16.4 Å². The van der Waals surface area contributed by atoms with Gasteiger partial charge in [-0.3, -0.25) is 19.6 Å². The lowest BCUT2D eigenvalue weighted by atomic mass is 9.88. The van der Waals surface area contributed by atoms with Crippen molar-refractivity contribution in [1.29, 1.82) is 0 Å². The molecule has 23 heavy (non-hydrogen) atoms. The third-order valence-corrected chi connectivity index (χ3v) is 5.11. The Bertz CT molecular complexity index is 691. The zero-order valence-electron chi connectivity index (χ0n) is 13.0. The Hall–Kier alpha value is -2.09. The van der Waals surface area contributed by atoms with Crippen LogP contribution in [0.4, 0.5) is 4.79 Å². The summed E-state index contributed by atoms with van der Waals surface area (Å²) in [6.45, 7) is 4.56. The summed E-state index contributed by atoms with van der Waals surface area (Å²) >= 11 is 6.09. The summed E-state index contributed by atoms with van der Waals surface area (Å²) in [4.78, 5) is 37.3. The molecule has 0 radical (unpaired) electrons. The number of rotatable bonds is 2. The first kappa shape index (κ1) is 15.8. The normalized spacial score (nSPS) is 19.9. The second-order valence-corrected chi connectivity index (χ2v) is 6.39. The van der Waals surface area contributed by atoms with E-state index in [1.807, 2.05) is 6.92 Å². The largest absolute Gasteiger partial charge is 0.341 e. The van der Waals surface area contributed by atoms with E-state index in [1.165, 1.54) is 0 Å². The fourth-order valence-electron chi connectivity index (χ4n) is 3.08. The Morgan fingerprint density at radius 1 is 1.30 bits per heavy atom. The number of imide groups is 1. The smallest absolute Gasteiger partial charge is 0.322 e. The maximum atomic E-state index is 12.4. The Balaban J connectivity index is 1.63. The zero-order valence-corrected chi connectivity index (χ0v) is 13.7. The SMILES string of the molecule is Cc1nn(CC(=O)N2CCC3(CC2)NC(=O)NC3=O)c(C)c1Cl. The molecule has 1 aromatic heterocycles. The number of nitrogens with zero attached hydrogens (tertiary/aromatic N) is 3. The van der Waals surface area contributed by atoms with Crippen LogP contribution in [0.15, 0.2) is 0 Å². The van der Waals surface area contributed by atoms with Gasteiger partial charge in [-0.2, -0.15) is 5.10 Å². The number of hydrogen-bond donors (Lipinski definition) is 2. The lowest BCUT2D eigenvalue weighted by molar-refractivity contribution is -0.136. The van der Waals surface area contributed by atoms with Crippen LogP contribution in [-0.2, 0) is 16.1 Å². The van der Waals surface area contributed by atoms with Gasteiger partial charge in [0.15, 0.2) is 0 Å². The molecule has 2 fully saturated rings. The number of piperidine rings is 1. The highest BCUT2D eigenvalue weighted by Gasteiger charge is 2.48. The minimum Gasteiger partial charge on any atom is -0.341 e. The maximum Gasteiger partial charge on any atom is 0.322 e. The average molecular weight is 340 g/mol. The Labute approximate surface area is 138 Å². The highest BCUT2D eigenvalue weighted by Crippen LogP contribution is 2.26. The number of amides is 4. The van der Waals surface area contributed by atoms with Crippen LogP contribution in [0, 0.1) is 13.8 Å². The van der Waals surface area contributed by atoms with Gasteiger partial charge >= 0.3 is 6.03 Å². The van der Waals surface area contributed by atoms with Crippen LogP contribution in [0.3, 0.4) is 0 Å². The van der Waals surface area contributed by atoms with Gasteiger partial charge < -0.3 is 10.2 Å². The van der Waals surface area contributed by atoms with Crippen molar-refractivity contribution >= 4 is 29.4 Å². The van der Waals surface area contributed by atoms with Crippen molar-refractivity contribution in [3.8, 4) is 0 Å². The van der Waals surface area contributed by atoms with Crippen LogP contribution < -0.4 is 10.6 Å². The fourth-order valence-corrected chi connectivity index (χ4v) is 3.21. The van der Waals surface area contributed by atoms with Crippen LogP contribution in [0.2, 0.25) is 5.02 Å². The van der Waals surface area contributed by atoms with Crippen LogP contribution in [0.1, 0.15) is 24.2 Å². The molecule has 0 aromatic carbocycles. The van der Waals surface area contributed by atoms with Crippen molar-refractivity contribution in [2.24, 2.45) is 0 Å². The highest BCUT2D eigenvalue weighted by molar-refractivity contribution is 6.31. The predicted octanol–water partition coefficient (Wildman–Crippen LogP) is 0.354. The van der Waals surface area contributed by atoms with E-state index in [0.29, 0.717) is 36.6 Å². The number of hydrogen-bond acceptors (Lipinski definition) is 4. The number of likely N-dealkylation sites (tertiary alicyclic amines) is 1. The molecule has 3 heterocycles. The Morgan fingerprint density at radius 3 is 2.43 bits per heavy atom. The Morgan fingerprint density at radius 2 is 1.96 bits per heavy atom. The van der Waals surface area contributed by atoms with E-state index in [1.54, 1.807) is 16.5 Å². The van der Waals surface area contributed by atoms with E-state index in [4.69, 9.17) is 11.6 Å². The summed E-state index contributed by atoms with van der Waals surface area (Å²) in [6.07, 6.45) is 0.822. The average Bonchev–Trinajstić information content (AvgIpc) is 2.91. The Kier molecular flexibility index (Phi) is 3.79. The number of carbonyl (C=O) groups is 3. The molecule has 0 unspecified atom stereocenters. The van der Waals surface area contributed by atoms with Crippen LogP contribution in [0.5, 0.6) is 0 Å². The van der Waals surface area contributed by atoms with Gasteiger partial charge in [-0.15, -0.1) is 0 Å². The van der Waals surface area contributed by atoms with Crippen molar-refractivity contribution in [3.63, 3.8) is 0 Å². The first-order valence-electron chi connectivity index (χ1n) is 7.43. The zero-order chi connectivity index (χ0) is 16.8. The lowest BCUT2D eigenvalue weighted by Gasteiger charge is -2.37. The minimum absolute atomic E-state index is 0.0770. The lowest BCUT2D eigenvalue weighted by Crippen LogP contribution is -2.56. The van der Waals surface area contributed by atoms with Gasteiger partial charge in [-0.25, -0.2) is 4.79 Å². The standard InChI is InChI=1S/C14H18ClN5O3/c1-8-11(15)9(2)20(18-8)7-10(21)19-5-3-14(4-6-19)12(22)16-13(23)17-14/h3-7H2,1-2H3,(H2,16,17,22,23). The molecule has 0 bridgehead atoms. The van der Waals surface area contributed by atoms with Gasteiger partial charge in [0.2, 0.25) is 5.91 Å². The second-order valence-electron chi connectivity index (χ2n) is 6.01. The minimum atomic E-state index is -0.866. The first-order chi connectivity index (χ1) is 10.8. The molecular formula is C14H18ClN5O3. The molecule has 124 valence electrons. The molecular weight excluding hydrogens is 322 g/mol. The molecule has 1 aromatic rings. The quantitative estimate of drug-likeness (QED) is 0.760. The van der Waals surface area contributed by atoms with Gasteiger partial charge in [0.25, 0.3) is 5.91 Å². The van der Waals surface area contributed by atoms with E-state index in [-0.39, 0.29) is 18.4 Å². The maximum absolute atomic E-state index is 12.4. The number of carbonyl (C=O) groups excluding carboxylic acids is 3. The third kappa shape index (κ3) is 2.67. The molecule has 8 nitrogen and oxygen atoms in total. The van der Waals surface area contributed by atoms with Crippen molar-refractivity contribution in [2.45, 2.75) is 38.8 Å². The summed E-state index contributed by atoms with van der Waals surface area (Å²) < 4.78 is 1.59. The van der Waals surface area contributed by atoms with E-state index in [0.717, 1.165) is 5.69 Å². The van der Waals surface area contributed by atoms with E-state index < -0.39 is 11.6 Å². The summed E-state index contributed by atoms with van der Waals surface area (Å²) in [5.74, 6) is -0.383. The van der Waals surface area contributed by atoms with Crippen molar-refractivity contribution < 1.29 is 14.4 Å². The second kappa shape index (κ2) is 5.52. The fraction of sp³-hybridized carbons (Fsp3) is 0.571. The van der Waals surface area contributed by atoms with Gasteiger partial charge in [-0.05, 0) is 26.7 Å². The summed E-state index contributed by atoms with van der Waals surface area (Å²) in [5.41, 5.74) is 0.586. The van der Waals surface area contributed by atoms with E-state index in [2.05, 4.69) is 15.7 Å². The monoisotopic (exact) mass is 339 g/mol. The summed E-state index contributed by atoms with van der Waals surface area (Å²) in [7, 11) is 0. The molecule has 2 N–H and O–H groups in total. The molecule has 0 aliphatic carbocycles. The number of urea groups is 1. The van der Waals surface area contributed by atoms with Crippen LogP contribution in [0.25, 0.3) is 0 Å². The molecule has 9 heteroatoms. The molecule has 2 aliphatic rings.